The minimum absolute atomic E-state index is 0. The lowest BCUT2D eigenvalue weighted by Gasteiger charge is -2.25. The molecule has 0 aromatic heterocycles. The summed E-state index contributed by atoms with van der Waals surface area (Å²) in [5.74, 6) is 2.73. The summed E-state index contributed by atoms with van der Waals surface area (Å²) in [5, 5.41) is 3.55. The molecule has 0 unspecified atom stereocenters. The molecule has 0 aliphatic heterocycles. The summed E-state index contributed by atoms with van der Waals surface area (Å²) in [6.07, 6.45) is 5.05. The quantitative estimate of drug-likeness (QED) is 0.259. The highest BCUT2D eigenvalue weighted by atomic mass is 127. The second-order valence-corrected chi connectivity index (χ2v) is 7.32. The lowest BCUT2D eigenvalue weighted by molar-refractivity contribution is 0.115. The van der Waals surface area contributed by atoms with Crippen LogP contribution in [0.3, 0.4) is 0 Å². The molecule has 3 rings (SSSR count). The zero-order chi connectivity index (χ0) is 17.7. The fourth-order valence-corrected chi connectivity index (χ4v) is 3.25. The van der Waals surface area contributed by atoms with Crippen LogP contribution in [0.4, 0.5) is 0 Å². The van der Waals surface area contributed by atoms with Crippen LogP contribution in [0.25, 0.3) is 0 Å². The number of hydrogen-bond donors (Lipinski definition) is 1. The van der Waals surface area contributed by atoms with Crippen LogP contribution in [-0.4, -0.2) is 58.4 Å². The molecule has 0 spiro atoms. The van der Waals surface area contributed by atoms with Crippen LogP contribution in [0.15, 0.2) is 29.3 Å². The monoisotopic (exact) mass is 473 g/mol. The van der Waals surface area contributed by atoms with Gasteiger partial charge in [0.15, 0.2) is 5.96 Å². The molecule has 2 aliphatic carbocycles. The van der Waals surface area contributed by atoms with Crippen LogP contribution in [-0.2, 0) is 10.2 Å². The number of benzene rings is 1. The minimum atomic E-state index is 0. The van der Waals surface area contributed by atoms with Crippen molar-refractivity contribution in [2.75, 3.05) is 47.5 Å². The number of aliphatic imine (C=N–C) groups is 1. The van der Waals surface area contributed by atoms with E-state index < -0.39 is 0 Å². The first-order chi connectivity index (χ1) is 12.2. The molecule has 26 heavy (non-hydrogen) atoms. The highest BCUT2D eigenvalue weighted by Crippen LogP contribution is 2.50. The van der Waals surface area contributed by atoms with Gasteiger partial charge in [-0.3, -0.25) is 4.99 Å². The van der Waals surface area contributed by atoms with Crippen molar-refractivity contribution in [1.82, 2.24) is 10.2 Å². The Morgan fingerprint density at radius 1 is 1.31 bits per heavy atom. The number of hydrogen-bond acceptors (Lipinski definition) is 3. The van der Waals surface area contributed by atoms with Crippen molar-refractivity contribution in [3.8, 4) is 5.75 Å². The topological polar surface area (TPSA) is 46.1 Å². The van der Waals surface area contributed by atoms with Crippen LogP contribution >= 0.6 is 24.0 Å². The van der Waals surface area contributed by atoms with Gasteiger partial charge < -0.3 is 19.7 Å². The van der Waals surface area contributed by atoms with E-state index in [0.29, 0.717) is 0 Å². The average Bonchev–Trinajstić information content (AvgIpc) is 3.55. The summed E-state index contributed by atoms with van der Waals surface area (Å²) in [5.41, 5.74) is 1.47. The fraction of sp³-hybridized carbons (Fsp3) is 0.650. The third-order valence-corrected chi connectivity index (χ3v) is 5.31. The minimum Gasteiger partial charge on any atom is -0.496 e. The van der Waals surface area contributed by atoms with E-state index >= 15 is 0 Å². The SMILES string of the molecule is CN=C(NCC1(c2ccccc2OC)CC1)N(C)CCOCC1CC1.I. The molecule has 0 radical (unpaired) electrons. The summed E-state index contributed by atoms with van der Waals surface area (Å²) in [6, 6.07) is 8.36. The number of nitrogens with zero attached hydrogens (tertiary/aromatic N) is 2. The van der Waals surface area contributed by atoms with Crippen molar-refractivity contribution in [3.05, 3.63) is 29.8 Å². The molecule has 0 saturated heterocycles. The summed E-state index contributed by atoms with van der Waals surface area (Å²) in [7, 11) is 5.65. The highest BCUT2D eigenvalue weighted by molar-refractivity contribution is 14.0. The van der Waals surface area contributed by atoms with Gasteiger partial charge in [0.25, 0.3) is 0 Å². The van der Waals surface area contributed by atoms with Crippen LogP contribution in [0.2, 0.25) is 0 Å². The molecule has 6 heteroatoms. The molecule has 2 saturated carbocycles. The summed E-state index contributed by atoms with van der Waals surface area (Å²) in [6.45, 7) is 3.41. The lowest BCUT2D eigenvalue weighted by atomic mass is 9.95. The van der Waals surface area contributed by atoms with Gasteiger partial charge in [0.05, 0.1) is 13.7 Å². The van der Waals surface area contributed by atoms with Crippen molar-refractivity contribution < 1.29 is 9.47 Å². The molecular weight excluding hydrogens is 441 g/mol. The maximum Gasteiger partial charge on any atom is 0.193 e. The van der Waals surface area contributed by atoms with Crippen LogP contribution in [0, 0.1) is 5.92 Å². The highest BCUT2D eigenvalue weighted by Gasteiger charge is 2.46. The number of likely N-dealkylation sites (N-methyl/N-ethyl adjacent to an activating group) is 1. The van der Waals surface area contributed by atoms with Crippen molar-refractivity contribution in [3.63, 3.8) is 0 Å². The first-order valence-electron chi connectivity index (χ1n) is 9.31. The van der Waals surface area contributed by atoms with Crippen molar-refractivity contribution in [1.29, 1.82) is 0 Å². The molecule has 1 aromatic carbocycles. The van der Waals surface area contributed by atoms with Gasteiger partial charge in [0, 0.05) is 44.8 Å². The molecule has 2 fully saturated rings. The molecule has 1 aromatic rings. The van der Waals surface area contributed by atoms with Crippen LogP contribution < -0.4 is 10.1 Å². The van der Waals surface area contributed by atoms with Crippen LogP contribution in [0.1, 0.15) is 31.2 Å². The Balaban J connectivity index is 0.00000243. The first-order valence-corrected chi connectivity index (χ1v) is 9.31. The van der Waals surface area contributed by atoms with E-state index in [1.54, 1.807) is 7.11 Å². The maximum atomic E-state index is 5.74. The smallest absolute Gasteiger partial charge is 0.193 e. The predicted octanol–water partition coefficient (Wildman–Crippen LogP) is 3.28. The van der Waals surface area contributed by atoms with Gasteiger partial charge in [0.1, 0.15) is 5.75 Å². The second kappa shape index (κ2) is 9.78. The van der Waals surface area contributed by atoms with Gasteiger partial charge in [-0.05, 0) is 37.7 Å². The van der Waals surface area contributed by atoms with Crippen molar-refractivity contribution in [2.45, 2.75) is 31.1 Å². The van der Waals surface area contributed by atoms with Crippen molar-refractivity contribution >= 4 is 29.9 Å². The summed E-state index contributed by atoms with van der Waals surface area (Å²) in [4.78, 5) is 6.57. The zero-order valence-corrected chi connectivity index (χ0v) is 18.5. The Morgan fingerprint density at radius 3 is 2.65 bits per heavy atom. The number of guanidine groups is 1. The van der Waals surface area contributed by atoms with Gasteiger partial charge in [-0.1, -0.05) is 18.2 Å². The number of ether oxygens (including phenoxy) is 2. The Morgan fingerprint density at radius 2 is 2.04 bits per heavy atom. The number of para-hydroxylation sites is 1. The molecule has 2 aliphatic rings. The first kappa shape index (κ1) is 21.3. The summed E-state index contributed by atoms with van der Waals surface area (Å²) >= 11 is 0. The molecule has 5 nitrogen and oxygen atoms in total. The molecule has 0 atom stereocenters. The Kier molecular flexibility index (Phi) is 8.01. The molecule has 146 valence electrons. The van der Waals surface area contributed by atoms with E-state index in [2.05, 4.69) is 34.4 Å². The maximum absolute atomic E-state index is 5.74. The number of rotatable bonds is 9. The Labute approximate surface area is 174 Å². The van der Waals surface area contributed by atoms with E-state index in [1.165, 1.54) is 31.2 Å². The standard InChI is InChI=1S/C20H31N3O2.HI/c1-21-19(23(2)12-13-25-14-16-8-9-16)22-15-20(10-11-20)17-6-4-5-7-18(17)24-3;/h4-7,16H,8-15H2,1-3H3,(H,21,22);1H. The largest absolute Gasteiger partial charge is 0.496 e. The van der Waals surface area contributed by atoms with E-state index in [-0.39, 0.29) is 29.4 Å². The molecule has 0 amide bonds. The van der Waals surface area contributed by atoms with Gasteiger partial charge in [-0.25, -0.2) is 0 Å². The summed E-state index contributed by atoms with van der Waals surface area (Å²) < 4.78 is 11.3. The van der Waals surface area contributed by atoms with Crippen LogP contribution in [0.5, 0.6) is 5.75 Å². The lowest BCUT2D eigenvalue weighted by Crippen LogP contribution is -2.43. The van der Waals surface area contributed by atoms with Gasteiger partial charge in [-0.2, -0.15) is 0 Å². The molecule has 0 heterocycles. The fourth-order valence-electron chi connectivity index (χ4n) is 3.25. The van der Waals surface area contributed by atoms with Gasteiger partial charge in [0.2, 0.25) is 0 Å². The van der Waals surface area contributed by atoms with E-state index in [0.717, 1.165) is 43.9 Å². The third kappa shape index (κ3) is 5.49. The third-order valence-electron chi connectivity index (χ3n) is 5.31. The Bertz CT molecular complexity index is 600. The van der Waals surface area contributed by atoms with E-state index in [9.17, 15) is 0 Å². The zero-order valence-electron chi connectivity index (χ0n) is 16.2. The predicted molar refractivity (Wildman–Crippen MR) is 117 cm³/mol. The molecule has 1 N–H and O–H groups in total. The second-order valence-electron chi connectivity index (χ2n) is 7.32. The van der Waals surface area contributed by atoms with Crippen molar-refractivity contribution in [2.24, 2.45) is 10.9 Å². The molecular formula is C20H32IN3O2. The van der Waals surface area contributed by atoms with Gasteiger partial charge in [-0.15, -0.1) is 24.0 Å². The number of nitrogens with one attached hydrogen (secondary N) is 1. The average molecular weight is 473 g/mol. The van der Waals surface area contributed by atoms with E-state index in [1.807, 2.05) is 19.2 Å². The normalized spacial score (nSPS) is 18.0. The number of halogens is 1. The van der Waals surface area contributed by atoms with E-state index in [4.69, 9.17) is 9.47 Å². The Hall–Kier alpha value is -1.02. The van der Waals surface area contributed by atoms with Gasteiger partial charge >= 0.3 is 0 Å². The number of methoxy groups -OCH3 is 1. The molecule has 0 bridgehead atoms.